The van der Waals surface area contributed by atoms with Gasteiger partial charge in [0.15, 0.2) is 5.82 Å². The number of urea groups is 1. The van der Waals surface area contributed by atoms with E-state index >= 15 is 0 Å². The lowest BCUT2D eigenvalue weighted by molar-refractivity contribution is 0.250. The van der Waals surface area contributed by atoms with E-state index in [4.69, 9.17) is 11.6 Å². The van der Waals surface area contributed by atoms with Crippen molar-refractivity contribution in [3.05, 3.63) is 35.1 Å². The van der Waals surface area contributed by atoms with Gasteiger partial charge in [0, 0.05) is 10.7 Å². The molecule has 8 heteroatoms. The standard InChI is InChI=1S/C15H19ClN6O/c16-11-6-8-12(9-7-11)18-15(23)17-10-14-19-20-21-22(14)13-4-2-1-3-5-13/h6-9,13H,1-5,10H2,(H2,17,18,23). The summed E-state index contributed by atoms with van der Waals surface area (Å²) < 4.78 is 1.85. The third kappa shape index (κ3) is 4.19. The van der Waals surface area contributed by atoms with E-state index in [0.717, 1.165) is 12.8 Å². The van der Waals surface area contributed by atoms with Gasteiger partial charge in [-0.15, -0.1) is 5.10 Å². The van der Waals surface area contributed by atoms with Crippen molar-refractivity contribution in [2.45, 2.75) is 44.7 Å². The number of tetrazole rings is 1. The Hall–Kier alpha value is -2.15. The molecule has 1 saturated carbocycles. The molecule has 1 aromatic heterocycles. The second kappa shape index (κ2) is 7.41. The molecule has 1 heterocycles. The van der Waals surface area contributed by atoms with Gasteiger partial charge < -0.3 is 10.6 Å². The molecule has 23 heavy (non-hydrogen) atoms. The summed E-state index contributed by atoms with van der Waals surface area (Å²) in [4.78, 5) is 11.9. The number of nitrogens with one attached hydrogen (secondary N) is 2. The van der Waals surface area contributed by atoms with Gasteiger partial charge in [-0.1, -0.05) is 30.9 Å². The molecule has 2 aromatic rings. The fourth-order valence-electron chi connectivity index (χ4n) is 2.81. The fraction of sp³-hybridized carbons (Fsp3) is 0.467. The van der Waals surface area contributed by atoms with Crippen LogP contribution in [0.4, 0.5) is 10.5 Å². The van der Waals surface area contributed by atoms with Crippen LogP contribution in [-0.4, -0.2) is 26.2 Å². The Balaban J connectivity index is 1.55. The largest absolute Gasteiger partial charge is 0.331 e. The average molecular weight is 335 g/mol. The molecule has 2 N–H and O–H groups in total. The highest BCUT2D eigenvalue weighted by Crippen LogP contribution is 2.27. The van der Waals surface area contributed by atoms with Gasteiger partial charge in [-0.05, 0) is 47.5 Å². The van der Waals surface area contributed by atoms with E-state index < -0.39 is 0 Å². The number of amides is 2. The van der Waals surface area contributed by atoms with E-state index in [-0.39, 0.29) is 6.03 Å². The smallest absolute Gasteiger partial charge is 0.319 e. The van der Waals surface area contributed by atoms with Crippen molar-refractivity contribution in [2.75, 3.05) is 5.32 Å². The number of carbonyl (C=O) groups is 1. The van der Waals surface area contributed by atoms with Crippen LogP contribution in [0.15, 0.2) is 24.3 Å². The Morgan fingerprint density at radius 1 is 1.22 bits per heavy atom. The fourth-order valence-corrected chi connectivity index (χ4v) is 2.93. The molecule has 1 aromatic carbocycles. The van der Waals surface area contributed by atoms with Crippen LogP contribution in [0, 0.1) is 0 Å². The summed E-state index contributed by atoms with van der Waals surface area (Å²) in [6.45, 7) is 0.295. The second-order valence-corrected chi connectivity index (χ2v) is 6.08. The van der Waals surface area contributed by atoms with Crippen LogP contribution in [0.25, 0.3) is 0 Å². The first-order chi connectivity index (χ1) is 11.2. The number of halogens is 1. The maximum absolute atomic E-state index is 11.9. The van der Waals surface area contributed by atoms with Gasteiger partial charge in [0.05, 0.1) is 12.6 Å². The molecule has 0 atom stereocenters. The molecule has 0 radical (unpaired) electrons. The Bertz CT molecular complexity index is 650. The molecule has 0 unspecified atom stereocenters. The van der Waals surface area contributed by atoms with Crippen molar-refractivity contribution in [1.82, 2.24) is 25.5 Å². The minimum Gasteiger partial charge on any atom is -0.331 e. The summed E-state index contributed by atoms with van der Waals surface area (Å²) in [6.07, 6.45) is 5.86. The van der Waals surface area contributed by atoms with Gasteiger partial charge in [-0.3, -0.25) is 0 Å². The molecular formula is C15H19ClN6O. The number of rotatable bonds is 4. The van der Waals surface area contributed by atoms with Crippen LogP contribution < -0.4 is 10.6 Å². The first kappa shape index (κ1) is 15.7. The predicted octanol–water partition coefficient (Wildman–Crippen LogP) is 3.15. The second-order valence-electron chi connectivity index (χ2n) is 5.65. The van der Waals surface area contributed by atoms with Crippen LogP contribution in [0.1, 0.15) is 44.0 Å². The summed E-state index contributed by atoms with van der Waals surface area (Å²) >= 11 is 5.81. The molecule has 7 nitrogen and oxygen atoms in total. The minimum absolute atomic E-state index is 0.295. The average Bonchev–Trinajstić information content (AvgIpc) is 3.04. The van der Waals surface area contributed by atoms with Gasteiger partial charge in [-0.25, -0.2) is 9.48 Å². The van der Waals surface area contributed by atoms with Crippen molar-refractivity contribution >= 4 is 23.3 Å². The highest BCUT2D eigenvalue weighted by atomic mass is 35.5. The molecule has 1 fully saturated rings. The molecule has 0 aliphatic heterocycles. The van der Waals surface area contributed by atoms with Gasteiger partial charge in [-0.2, -0.15) is 0 Å². The number of anilines is 1. The lowest BCUT2D eigenvalue weighted by Crippen LogP contribution is -2.30. The first-order valence-corrected chi connectivity index (χ1v) is 8.17. The van der Waals surface area contributed by atoms with Crippen molar-refractivity contribution in [3.8, 4) is 0 Å². The molecule has 2 amide bonds. The number of nitrogens with zero attached hydrogens (tertiary/aromatic N) is 4. The molecule has 0 bridgehead atoms. The number of benzene rings is 1. The van der Waals surface area contributed by atoms with Gasteiger partial charge in [0.1, 0.15) is 0 Å². The normalized spacial score (nSPS) is 15.3. The third-order valence-corrected chi connectivity index (χ3v) is 4.24. The van der Waals surface area contributed by atoms with Crippen molar-refractivity contribution < 1.29 is 4.79 Å². The van der Waals surface area contributed by atoms with Gasteiger partial charge in [0.25, 0.3) is 0 Å². The Morgan fingerprint density at radius 3 is 2.70 bits per heavy atom. The van der Waals surface area contributed by atoms with Gasteiger partial charge in [0.2, 0.25) is 0 Å². The van der Waals surface area contributed by atoms with Crippen molar-refractivity contribution in [1.29, 1.82) is 0 Å². The summed E-state index contributed by atoms with van der Waals surface area (Å²) in [7, 11) is 0. The minimum atomic E-state index is -0.300. The Kier molecular flexibility index (Phi) is 5.07. The maximum Gasteiger partial charge on any atom is 0.319 e. The van der Waals surface area contributed by atoms with E-state index in [9.17, 15) is 4.79 Å². The quantitative estimate of drug-likeness (QED) is 0.899. The van der Waals surface area contributed by atoms with E-state index in [1.165, 1.54) is 19.3 Å². The molecule has 0 saturated heterocycles. The van der Waals surface area contributed by atoms with Crippen LogP contribution in [-0.2, 0) is 6.54 Å². The predicted molar refractivity (Wildman–Crippen MR) is 87.2 cm³/mol. The SMILES string of the molecule is O=C(NCc1nnnn1C1CCCCC1)Nc1ccc(Cl)cc1. The molecule has 1 aliphatic carbocycles. The summed E-state index contributed by atoms with van der Waals surface area (Å²) in [5.41, 5.74) is 0.679. The van der Waals surface area contributed by atoms with Gasteiger partial charge >= 0.3 is 6.03 Å². The maximum atomic E-state index is 11.9. The zero-order valence-electron chi connectivity index (χ0n) is 12.7. The van der Waals surface area contributed by atoms with Crippen molar-refractivity contribution in [2.24, 2.45) is 0 Å². The molecule has 122 valence electrons. The number of hydrogen-bond donors (Lipinski definition) is 2. The van der Waals surface area contributed by atoms with E-state index in [0.29, 0.717) is 29.1 Å². The third-order valence-electron chi connectivity index (χ3n) is 3.99. The lowest BCUT2D eigenvalue weighted by Gasteiger charge is -2.22. The van der Waals surface area contributed by atoms with E-state index in [2.05, 4.69) is 26.2 Å². The highest BCUT2D eigenvalue weighted by molar-refractivity contribution is 6.30. The van der Waals surface area contributed by atoms with Crippen LogP contribution >= 0.6 is 11.6 Å². The number of hydrogen-bond acceptors (Lipinski definition) is 4. The van der Waals surface area contributed by atoms with Crippen molar-refractivity contribution in [3.63, 3.8) is 0 Å². The van der Waals surface area contributed by atoms with E-state index in [1.807, 2.05) is 4.68 Å². The summed E-state index contributed by atoms with van der Waals surface area (Å²) in [5.74, 6) is 0.683. The Labute approximate surface area is 139 Å². The Morgan fingerprint density at radius 2 is 1.96 bits per heavy atom. The van der Waals surface area contributed by atoms with Crippen LogP contribution in [0.5, 0.6) is 0 Å². The monoisotopic (exact) mass is 334 g/mol. The molecular weight excluding hydrogens is 316 g/mol. The number of carbonyl (C=O) groups excluding carboxylic acids is 1. The van der Waals surface area contributed by atoms with Crippen LogP contribution in [0.3, 0.4) is 0 Å². The lowest BCUT2D eigenvalue weighted by atomic mass is 9.96. The highest BCUT2D eigenvalue weighted by Gasteiger charge is 2.20. The van der Waals surface area contributed by atoms with E-state index in [1.54, 1.807) is 24.3 Å². The summed E-state index contributed by atoms with van der Waals surface area (Å²) in [5, 5.41) is 18.0. The molecule has 0 spiro atoms. The molecule has 1 aliphatic rings. The van der Waals surface area contributed by atoms with Crippen LogP contribution in [0.2, 0.25) is 5.02 Å². The number of aromatic nitrogens is 4. The summed E-state index contributed by atoms with van der Waals surface area (Å²) in [6, 6.07) is 6.98. The molecule has 3 rings (SSSR count). The topological polar surface area (TPSA) is 84.7 Å². The zero-order chi connectivity index (χ0) is 16.1. The zero-order valence-corrected chi connectivity index (χ0v) is 13.5. The first-order valence-electron chi connectivity index (χ1n) is 7.79.